The maximum Gasteiger partial charge on any atom is 0.227 e. The van der Waals surface area contributed by atoms with Crippen molar-refractivity contribution in [1.29, 1.82) is 0 Å². The van der Waals surface area contributed by atoms with Gasteiger partial charge in [0.05, 0.1) is 13.5 Å². The van der Waals surface area contributed by atoms with Crippen molar-refractivity contribution in [3.05, 3.63) is 29.3 Å². The molecule has 0 spiro atoms. The highest BCUT2D eigenvalue weighted by molar-refractivity contribution is 5.94. The van der Waals surface area contributed by atoms with Crippen LogP contribution in [0.3, 0.4) is 0 Å². The van der Waals surface area contributed by atoms with Gasteiger partial charge in [0.1, 0.15) is 5.75 Å². The summed E-state index contributed by atoms with van der Waals surface area (Å²) in [6, 6.07) is 5.43. The van der Waals surface area contributed by atoms with E-state index in [1.54, 1.807) is 25.3 Å². The zero-order valence-electron chi connectivity index (χ0n) is 13.9. The van der Waals surface area contributed by atoms with E-state index in [0.29, 0.717) is 30.3 Å². The molecule has 0 aliphatic carbocycles. The third-order valence-electron chi connectivity index (χ3n) is 4.34. The maximum atomic E-state index is 12.6. The van der Waals surface area contributed by atoms with Gasteiger partial charge in [0.25, 0.3) is 0 Å². The predicted molar refractivity (Wildman–Crippen MR) is 92.3 cm³/mol. The highest BCUT2D eigenvalue weighted by Gasteiger charge is 2.31. The average molecular weight is 341 g/mol. The van der Waals surface area contributed by atoms with Crippen LogP contribution in [-0.2, 0) is 11.2 Å². The van der Waals surface area contributed by atoms with Crippen molar-refractivity contribution < 1.29 is 14.3 Å². The van der Waals surface area contributed by atoms with Gasteiger partial charge >= 0.3 is 0 Å². The molecule has 1 aliphatic heterocycles. The molecule has 1 saturated heterocycles. The number of ether oxygens (including phenoxy) is 1. The largest absolute Gasteiger partial charge is 0.496 e. The van der Waals surface area contributed by atoms with Crippen molar-refractivity contribution >= 4 is 24.1 Å². The normalized spacial score (nSPS) is 20.1. The van der Waals surface area contributed by atoms with E-state index in [2.05, 4.69) is 6.92 Å². The van der Waals surface area contributed by atoms with E-state index in [1.165, 1.54) is 6.92 Å². The van der Waals surface area contributed by atoms with Crippen molar-refractivity contribution in [3.63, 3.8) is 0 Å². The van der Waals surface area contributed by atoms with Crippen LogP contribution in [0, 0.1) is 5.92 Å². The molecule has 0 aromatic heterocycles. The molecule has 128 valence electrons. The summed E-state index contributed by atoms with van der Waals surface area (Å²) in [6.07, 6.45) is 1.19. The molecule has 0 bridgehead atoms. The summed E-state index contributed by atoms with van der Waals surface area (Å²) in [7, 11) is 1.57. The minimum absolute atomic E-state index is 0. The monoisotopic (exact) mass is 340 g/mol. The molecular formula is C17H25ClN2O3. The lowest BCUT2D eigenvalue weighted by Gasteiger charge is -2.22. The molecule has 1 aliphatic rings. The molecule has 2 rings (SSSR count). The van der Waals surface area contributed by atoms with E-state index in [4.69, 9.17) is 10.5 Å². The number of Topliss-reactive ketones (excluding diaryl/α,β-unsaturated/α-hetero) is 1. The second-order valence-electron chi connectivity index (χ2n) is 5.99. The number of nitrogens with zero attached hydrogens (tertiary/aromatic N) is 1. The zero-order valence-corrected chi connectivity index (χ0v) is 14.7. The number of rotatable bonds is 5. The Labute approximate surface area is 143 Å². The minimum Gasteiger partial charge on any atom is -0.496 e. The Hall–Kier alpha value is -1.59. The van der Waals surface area contributed by atoms with Gasteiger partial charge in [0, 0.05) is 23.7 Å². The number of benzene rings is 1. The highest BCUT2D eigenvalue weighted by Crippen LogP contribution is 2.26. The van der Waals surface area contributed by atoms with Crippen LogP contribution in [0.15, 0.2) is 18.2 Å². The third kappa shape index (κ3) is 4.45. The minimum atomic E-state index is -0.0194. The molecule has 0 saturated carbocycles. The summed E-state index contributed by atoms with van der Waals surface area (Å²) in [4.78, 5) is 26.0. The van der Waals surface area contributed by atoms with Crippen LogP contribution in [0.5, 0.6) is 5.75 Å². The number of hydrogen-bond acceptors (Lipinski definition) is 4. The Balaban J connectivity index is 0.00000264. The predicted octanol–water partition coefficient (Wildman–Crippen LogP) is 2.06. The summed E-state index contributed by atoms with van der Waals surface area (Å²) < 4.78 is 5.31. The lowest BCUT2D eigenvalue weighted by molar-refractivity contribution is -0.131. The van der Waals surface area contributed by atoms with E-state index >= 15 is 0 Å². The molecule has 2 unspecified atom stereocenters. The number of ketones is 1. The Morgan fingerprint density at radius 2 is 2.09 bits per heavy atom. The average Bonchev–Trinajstić information content (AvgIpc) is 2.88. The number of likely N-dealkylation sites (tertiary alicyclic amines) is 1. The van der Waals surface area contributed by atoms with Crippen LogP contribution in [0.1, 0.15) is 36.2 Å². The SMILES string of the molecule is COc1ccc(C(C)=O)cc1CC(=O)N1CC(CN)CC1C.Cl. The van der Waals surface area contributed by atoms with E-state index < -0.39 is 0 Å². The number of nitrogens with two attached hydrogens (primary N) is 1. The molecule has 2 atom stereocenters. The Morgan fingerprint density at radius 1 is 1.39 bits per heavy atom. The molecule has 0 radical (unpaired) electrons. The van der Waals surface area contributed by atoms with E-state index in [1.807, 2.05) is 4.90 Å². The van der Waals surface area contributed by atoms with Gasteiger partial charge in [-0.05, 0) is 50.9 Å². The van der Waals surface area contributed by atoms with Crippen LogP contribution in [-0.4, -0.2) is 42.8 Å². The van der Waals surface area contributed by atoms with Gasteiger partial charge in [-0.1, -0.05) is 0 Å². The first kappa shape index (κ1) is 19.5. The first-order chi connectivity index (χ1) is 10.5. The number of carbonyl (C=O) groups is 2. The van der Waals surface area contributed by atoms with Gasteiger partial charge in [-0.25, -0.2) is 0 Å². The second kappa shape index (κ2) is 8.31. The summed E-state index contributed by atoms with van der Waals surface area (Å²) in [6.45, 7) is 4.89. The number of methoxy groups -OCH3 is 1. The van der Waals surface area contributed by atoms with E-state index in [9.17, 15) is 9.59 Å². The molecule has 1 heterocycles. The van der Waals surface area contributed by atoms with Gasteiger partial charge in [0.2, 0.25) is 5.91 Å². The lowest BCUT2D eigenvalue weighted by Crippen LogP contribution is -2.35. The van der Waals surface area contributed by atoms with Gasteiger partial charge in [-0.3, -0.25) is 9.59 Å². The molecule has 1 aromatic rings. The van der Waals surface area contributed by atoms with Crippen LogP contribution < -0.4 is 10.5 Å². The Kier molecular flexibility index (Phi) is 7.03. The summed E-state index contributed by atoms with van der Waals surface area (Å²) >= 11 is 0. The van der Waals surface area contributed by atoms with Crippen molar-refractivity contribution in [2.75, 3.05) is 20.2 Å². The van der Waals surface area contributed by atoms with Crippen molar-refractivity contribution in [1.82, 2.24) is 4.90 Å². The number of hydrogen-bond donors (Lipinski definition) is 1. The number of halogens is 1. The molecule has 23 heavy (non-hydrogen) atoms. The van der Waals surface area contributed by atoms with Crippen LogP contribution >= 0.6 is 12.4 Å². The second-order valence-corrected chi connectivity index (χ2v) is 5.99. The number of carbonyl (C=O) groups excluding carboxylic acids is 2. The fraction of sp³-hybridized carbons (Fsp3) is 0.529. The molecule has 1 amide bonds. The highest BCUT2D eigenvalue weighted by atomic mass is 35.5. The zero-order chi connectivity index (χ0) is 16.3. The first-order valence-corrected chi connectivity index (χ1v) is 7.63. The van der Waals surface area contributed by atoms with Gasteiger partial charge in [-0.15, -0.1) is 12.4 Å². The molecule has 1 fully saturated rings. The molecule has 1 aromatic carbocycles. The molecular weight excluding hydrogens is 316 g/mol. The topological polar surface area (TPSA) is 72.6 Å². The summed E-state index contributed by atoms with van der Waals surface area (Å²) in [5.74, 6) is 1.06. The summed E-state index contributed by atoms with van der Waals surface area (Å²) in [5.41, 5.74) is 7.06. The van der Waals surface area contributed by atoms with Crippen LogP contribution in [0.2, 0.25) is 0 Å². The smallest absolute Gasteiger partial charge is 0.227 e. The molecule has 5 nitrogen and oxygen atoms in total. The van der Waals surface area contributed by atoms with Gasteiger partial charge in [0.15, 0.2) is 5.78 Å². The quantitative estimate of drug-likeness (QED) is 0.833. The van der Waals surface area contributed by atoms with Crippen molar-refractivity contribution in [3.8, 4) is 5.75 Å². The lowest BCUT2D eigenvalue weighted by atomic mass is 10.0. The van der Waals surface area contributed by atoms with Crippen LogP contribution in [0.4, 0.5) is 0 Å². The van der Waals surface area contributed by atoms with E-state index in [-0.39, 0.29) is 36.6 Å². The fourth-order valence-corrected chi connectivity index (χ4v) is 3.06. The molecule has 6 heteroatoms. The standard InChI is InChI=1S/C17H24N2O3.ClH/c1-11-6-13(9-18)10-19(11)17(21)8-15-7-14(12(2)20)4-5-16(15)22-3;/h4-5,7,11,13H,6,8-10,18H2,1-3H3;1H. The fourth-order valence-electron chi connectivity index (χ4n) is 3.06. The van der Waals surface area contributed by atoms with Crippen molar-refractivity contribution in [2.45, 2.75) is 32.7 Å². The van der Waals surface area contributed by atoms with Gasteiger partial charge < -0.3 is 15.4 Å². The molecule has 2 N–H and O–H groups in total. The Morgan fingerprint density at radius 3 is 2.61 bits per heavy atom. The Bertz CT molecular complexity index is 577. The van der Waals surface area contributed by atoms with Crippen molar-refractivity contribution in [2.24, 2.45) is 11.7 Å². The summed E-state index contributed by atoms with van der Waals surface area (Å²) in [5, 5.41) is 0. The third-order valence-corrected chi connectivity index (χ3v) is 4.34. The number of amides is 1. The van der Waals surface area contributed by atoms with Crippen LogP contribution in [0.25, 0.3) is 0 Å². The maximum absolute atomic E-state index is 12.6. The van der Waals surface area contributed by atoms with Gasteiger partial charge in [-0.2, -0.15) is 0 Å². The first-order valence-electron chi connectivity index (χ1n) is 7.63. The van der Waals surface area contributed by atoms with E-state index in [0.717, 1.165) is 12.0 Å².